The molecule has 0 spiro atoms. The third kappa shape index (κ3) is 7.74. The molecule has 0 fully saturated rings. The molecule has 160 valence electrons. The molecule has 0 aliphatic carbocycles. The Morgan fingerprint density at radius 2 is 1.79 bits per heavy atom. The second-order valence-electron chi connectivity index (χ2n) is 5.88. The maximum absolute atomic E-state index is 12.6. The Kier molecular flexibility index (Phi) is 7.62. The van der Waals surface area contributed by atoms with Crippen molar-refractivity contribution >= 4 is 5.95 Å². The maximum Gasteiger partial charge on any atom is 0.433 e. The summed E-state index contributed by atoms with van der Waals surface area (Å²) in [7, 11) is 0. The van der Waals surface area contributed by atoms with Crippen LogP contribution in [0.5, 0.6) is 5.75 Å². The molecule has 2 aromatic rings. The first-order valence-corrected chi connectivity index (χ1v) is 8.38. The van der Waals surface area contributed by atoms with Crippen LogP contribution in [0.4, 0.5) is 32.3 Å². The van der Waals surface area contributed by atoms with Gasteiger partial charge in [0.2, 0.25) is 5.95 Å². The predicted molar refractivity (Wildman–Crippen MR) is 91.3 cm³/mol. The molecule has 1 heterocycles. The van der Waals surface area contributed by atoms with Crippen molar-refractivity contribution in [1.29, 1.82) is 0 Å². The van der Waals surface area contributed by atoms with Crippen molar-refractivity contribution in [1.82, 2.24) is 15.3 Å². The lowest BCUT2D eigenvalue weighted by Gasteiger charge is -2.14. The highest BCUT2D eigenvalue weighted by molar-refractivity contribution is 5.30. The number of aliphatic hydroxyl groups excluding tert-OH is 1. The van der Waals surface area contributed by atoms with E-state index < -0.39 is 29.7 Å². The van der Waals surface area contributed by atoms with Gasteiger partial charge in [0.25, 0.3) is 0 Å². The highest BCUT2D eigenvalue weighted by Crippen LogP contribution is 2.31. The van der Waals surface area contributed by atoms with Crippen molar-refractivity contribution in [2.45, 2.75) is 18.5 Å². The van der Waals surface area contributed by atoms with Gasteiger partial charge in [0.15, 0.2) is 0 Å². The number of aliphatic hydroxyl groups is 1. The summed E-state index contributed by atoms with van der Waals surface area (Å²) in [5, 5.41) is 15.2. The second kappa shape index (κ2) is 9.74. The molecule has 0 radical (unpaired) electrons. The Morgan fingerprint density at radius 3 is 2.48 bits per heavy atom. The monoisotopic (exact) mass is 424 g/mol. The molecule has 1 aromatic heterocycles. The first kappa shape index (κ1) is 22.7. The summed E-state index contributed by atoms with van der Waals surface area (Å²) in [5.41, 5.74) is -1.92. The molecule has 29 heavy (non-hydrogen) atoms. The van der Waals surface area contributed by atoms with Crippen LogP contribution in [0.3, 0.4) is 0 Å². The molecule has 6 nitrogen and oxygen atoms in total. The number of nitrogens with zero attached hydrogens (tertiary/aromatic N) is 2. The van der Waals surface area contributed by atoms with Crippen LogP contribution in [-0.2, 0) is 12.4 Å². The molecule has 0 bridgehead atoms. The van der Waals surface area contributed by atoms with Gasteiger partial charge < -0.3 is 20.5 Å². The Morgan fingerprint density at radius 1 is 1.03 bits per heavy atom. The number of ether oxygens (including phenoxy) is 1. The van der Waals surface area contributed by atoms with Gasteiger partial charge >= 0.3 is 12.4 Å². The smallest absolute Gasteiger partial charge is 0.433 e. The molecular formula is C17H18F6N4O2. The largest absolute Gasteiger partial charge is 0.491 e. The van der Waals surface area contributed by atoms with Crippen LogP contribution in [0.2, 0.25) is 0 Å². The van der Waals surface area contributed by atoms with E-state index in [0.29, 0.717) is 0 Å². The molecule has 0 saturated carbocycles. The molecule has 0 unspecified atom stereocenters. The number of alkyl halides is 6. The predicted octanol–water partition coefficient (Wildman–Crippen LogP) is 2.96. The zero-order chi connectivity index (χ0) is 21.5. The summed E-state index contributed by atoms with van der Waals surface area (Å²) >= 11 is 0. The average molecular weight is 424 g/mol. The van der Waals surface area contributed by atoms with Gasteiger partial charge in [-0.15, -0.1) is 0 Å². The van der Waals surface area contributed by atoms with Crippen LogP contribution in [0.15, 0.2) is 36.5 Å². The second-order valence-corrected chi connectivity index (χ2v) is 5.88. The third-order valence-electron chi connectivity index (χ3n) is 3.51. The zero-order valence-corrected chi connectivity index (χ0v) is 14.9. The summed E-state index contributed by atoms with van der Waals surface area (Å²) in [6, 6.07) is 5.04. The van der Waals surface area contributed by atoms with Crippen molar-refractivity contribution in [2.75, 3.05) is 31.6 Å². The summed E-state index contributed by atoms with van der Waals surface area (Å²) in [4.78, 5) is 7.01. The van der Waals surface area contributed by atoms with E-state index in [9.17, 15) is 31.4 Å². The van der Waals surface area contributed by atoms with Gasteiger partial charge in [0.1, 0.15) is 24.2 Å². The lowest BCUT2D eigenvalue weighted by molar-refractivity contribution is -0.141. The fraction of sp³-hybridized carbons (Fsp3) is 0.412. The summed E-state index contributed by atoms with van der Waals surface area (Å²) < 4.78 is 80.7. The van der Waals surface area contributed by atoms with Crippen molar-refractivity contribution in [2.24, 2.45) is 0 Å². The normalized spacial score (nSPS) is 13.2. The van der Waals surface area contributed by atoms with E-state index >= 15 is 0 Å². The Bertz CT molecular complexity index is 785. The van der Waals surface area contributed by atoms with Crippen LogP contribution >= 0.6 is 0 Å². The average Bonchev–Trinajstić information content (AvgIpc) is 2.65. The summed E-state index contributed by atoms with van der Waals surface area (Å²) in [6.07, 6.45) is -9.08. The highest BCUT2D eigenvalue weighted by atomic mass is 19.4. The van der Waals surface area contributed by atoms with Gasteiger partial charge in [-0.3, -0.25) is 0 Å². The number of anilines is 1. The first-order chi connectivity index (χ1) is 13.6. The molecule has 1 aromatic carbocycles. The lowest BCUT2D eigenvalue weighted by Crippen LogP contribution is -2.34. The van der Waals surface area contributed by atoms with Crippen molar-refractivity contribution in [3.05, 3.63) is 47.8 Å². The molecule has 1 atom stereocenters. The molecule has 2 rings (SSSR count). The van der Waals surface area contributed by atoms with Crippen LogP contribution in [0.25, 0.3) is 0 Å². The summed E-state index contributed by atoms with van der Waals surface area (Å²) in [6.45, 7) is 0.269. The standard InChI is InChI=1S/C17H18F6N4O2/c18-16(19,20)11-2-1-3-13(8-11)29-10-12(28)9-24-6-7-26-15-25-5-4-14(27-15)17(21,22)23/h1-5,8,12,24,28H,6-7,9-10H2,(H,25,26,27)/t12-/m1/s1. The number of benzene rings is 1. The van der Waals surface area contributed by atoms with Gasteiger partial charge in [-0.2, -0.15) is 26.3 Å². The summed E-state index contributed by atoms with van der Waals surface area (Å²) in [5.74, 6) is -0.211. The van der Waals surface area contributed by atoms with Crippen molar-refractivity contribution in [3.8, 4) is 5.75 Å². The molecule has 12 heteroatoms. The molecule has 0 aliphatic heterocycles. The van der Waals surface area contributed by atoms with Crippen molar-refractivity contribution in [3.63, 3.8) is 0 Å². The highest BCUT2D eigenvalue weighted by Gasteiger charge is 2.32. The lowest BCUT2D eigenvalue weighted by atomic mass is 10.2. The number of hydrogen-bond acceptors (Lipinski definition) is 6. The third-order valence-corrected chi connectivity index (χ3v) is 3.51. The number of nitrogens with one attached hydrogen (secondary N) is 2. The van der Waals surface area contributed by atoms with Gasteiger partial charge in [-0.25, -0.2) is 9.97 Å². The van der Waals surface area contributed by atoms with Crippen LogP contribution < -0.4 is 15.4 Å². The van der Waals surface area contributed by atoms with Gasteiger partial charge in [-0.05, 0) is 24.3 Å². The van der Waals surface area contributed by atoms with E-state index in [-0.39, 0.29) is 37.9 Å². The van der Waals surface area contributed by atoms with E-state index in [0.717, 1.165) is 24.4 Å². The number of hydrogen-bond donors (Lipinski definition) is 3. The minimum absolute atomic E-state index is 0.0257. The fourth-order valence-corrected chi connectivity index (χ4v) is 2.15. The molecule has 0 aliphatic rings. The SMILES string of the molecule is O[C@H](CNCCNc1nccc(C(F)(F)F)n1)COc1cccc(C(F)(F)F)c1. The molecular weight excluding hydrogens is 406 g/mol. The topological polar surface area (TPSA) is 79.3 Å². The fourth-order valence-electron chi connectivity index (χ4n) is 2.15. The van der Waals surface area contributed by atoms with E-state index in [4.69, 9.17) is 4.74 Å². The first-order valence-electron chi connectivity index (χ1n) is 8.38. The van der Waals surface area contributed by atoms with E-state index in [1.165, 1.54) is 12.1 Å². The number of rotatable bonds is 9. The van der Waals surface area contributed by atoms with Crippen LogP contribution in [0.1, 0.15) is 11.3 Å². The van der Waals surface area contributed by atoms with Crippen LogP contribution in [0, 0.1) is 0 Å². The minimum atomic E-state index is -4.57. The van der Waals surface area contributed by atoms with E-state index in [1.807, 2.05) is 0 Å². The van der Waals surface area contributed by atoms with Crippen molar-refractivity contribution < 1.29 is 36.2 Å². The Hall–Kier alpha value is -2.60. The zero-order valence-electron chi connectivity index (χ0n) is 14.9. The van der Waals surface area contributed by atoms with Gasteiger partial charge in [-0.1, -0.05) is 6.07 Å². The number of halogens is 6. The minimum Gasteiger partial charge on any atom is -0.491 e. The van der Waals surface area contributed by atoms with Crippen LogP contribution in [-0.4, -0.2) is 47.4 Å². The van der Waals surface area contributed by atoms with E-state index in [2.05, 4.69) is 20.6 Å². The maximum atomic E-state index is 12.6. The van der Waals surface area contributed by atoms with Gasteiger partial charge in [0.05, 0.1) is 5.56 Å². The molecule has 0 amide bonds. The Balaban J connectivity index is 1.67. The quantitative estimate of drug-likeness (QED) is 0.425. The molecule has 3 N–H and O–H groups in total. The molecule has 0 saturated heterocycles. The Labute approximate surface area is 161 Å². The number of aromatic nitrogens is 2. The van der Waals surface area contributed by atoms with Gasteiger partial charge in [0, 0.05) is 25.8 Å². The van der Waals surface area contributed by atoms with E-state index in [1.54, 1.807) is 0 Å².